The molecular formula is C12H22N4S2. The number of aromatic nitrogens is 2. The predicted octanol–water partition coefficient (Wildman–Crippen LogP) is 1.42. The molecule has 3 atom stereocenters. The molecule has 2 rings (SSSR count). The van der Waals surface area contributed by atoms with E-state index in [1.165, 1.54) is 17.9 Å². The van der Waals surface area contributed by atoms with Crippen molar-refractivity contribution >= 4 is 23.5 Å². The van der Waals surface area contributed by atoms with Crippen molar-refractivity contribution in [1.82, 2.24) is 15.2 Å². The Labute approximate surface area is 117 Å². The van der Waals surface area contributed by atoms with Gasteiger partial charge in [0.2, 0.25) is 0 Å². The molecule has 4 nitrogen and oxygen atoms in total. The molecule has 1 aliphatic rings. The molecule has 2 heterocycles. The highest BCUT2D eigenvalue weighted by Gasteiger charge is 2.31. The molecule has 1 aromatic rings. The van der Waals surface area contributed by atoms with Crippen LogP contribution in [0.1, 0.15) is 19.0 Å². The third-order valence-electron chi connectivity index (χ3n) is 3.30. The molecule has 3 N–H and O–H groups in total. The summed E-state index contributed by atoms with van der Waals surface area (Å²) in [5, 5.41) is 5.74. The molecule has 3 unspecified atom stereocenters. The fraction of sp³-hybridized carbons (Fsp3) is 0.750. The lowest BCUT2D eigenvalue weighted by Gasteiger charge is -2.35. The van der Waals surface area contributed by atoms with Crippen LogP contribution in [0.3, 0.4) is 0 Å². The molecule has 1 aliphatic heterocycles. The molecule has 18 heavy (non-hydrogen) atoms. The first-order chi connectivity index (χ1) is 8.74. The van der Waals surface area contributed by atoms with Crippen molar-refractivity contribution in [2.45, 2.75) is 36.3 Å². The number of hydrogen-bond donors (Lipinski definition) is 2. The third-order valence-corrected chi connectivity index (χ3v) is 6.71. The molecule has 0 bridgehead atoms. The van der Waals surface area contributed by atoms with E-state index in [9.17, 15) is 0 Å². The van der Waals surface area contributed by atoms with Gasteiger partial charge in [0, 0.05) is 47.7 Å². The van der Waals surface area contributed by atoms with E-state index in [1.54, 1.807) is 0 Å². The third kappa shape index (κ3) is 3.44. The average molecular weight is 286 g/mol. The summed E-state index contributed by atoms with van der Waals surface area (Å²) in [7, 11) is 1.95. The monoisotopic (exact) mass is 286 g/mol. The number of nitrogens with one attached hydrogen (secondary N) is 1. The second kappa shape index (κ2) is 6.84. The van der Waals surface area contributed by atoms with Gasteiger partial charge in [-0.1, -0.05) is 6.92 Å². The molecule has 0 aromatic carbocycles. The summed E-state index contributed by atoms with van der Waals surface area (Å²) in [5.74, 6) is 8.26. The summed E-state index contributed by atoms with van der Waals surface area (Å²) < 4.78 is 1.85. The highest BCUT2D eigenvalue weighted by atomic mass is 32.2. The van der Waals surface area contributed by atoms with E-state index in [4.69, 9.17) is 5.84 Å². The van der Waals surface area contributed by atoms with Crippen molar-refractivity contribution in [3.8, 4) is 0 Å². The molecule has 6 heteroatoms. The first-order valence-electron chi connectivity index (χ1n) is 6.42. The van der Waals surface area contributed by atoms with Crippen LogP contribution in [0.4, 0.5) is 0 Å². The van der Waals surface area contributed by atoms with Gasteiger partial charge in [0.05, 0.1) is 5.69 Å². The summed E-state index contributed by atoms with van der Waals surface area (Å²) in [6, 6.07) is 2.38. The van der Waals surface area contributed by atoms with Gasteiger partial charge in [0.25, 0.3) is 0 Å². The van der Waals surface area contributed by atoms with Crippen molar-refractivity contribution < 1.29 is 0 Å². The summed E-state index contributed by atoms with van der Waals surface area (Å²) in [6.07, 6.45) is 4.11. The molecule has 0 aliphatic carbocycles. The van der Waals surface area contributed by atoms with Crippen molar-refractivity contribution in [3.05, 3.63) is 18.0 Å². The Morgan fingerprint density at radius 2 is 2.33 bits per heavy atom. The predicted molar refractivity (Wildman–Crippen MR) is 80.8 cm³/mol. The van der Waals surface area contributed by atoms with E-state index < -0.39 is 0 Å². The SMILES string of the molecule is CCC1SCCSC1C(Cc1ccn(C)n1)NN. The number of aryl methyl sites for hydroxylation is 1. The van der Waals surface area contributed by atoms with Gasteiger partial charge >= 0.3 is 0 Å². The Hall–Kier alpha value is -0.170. The minimum atomic E-state index is 0.308. The fourth-order valence-corrected chi connectivity index (χ4v) is 5.62. The van der Waals surface area contributed by atoms with Crippen molar-refractivity contribution in [2.75, 3.05) is 11.5 Å². The molecule has 0 radical (unpaired) electrons. The maximum absolute atomic E-state index is 5.77. The molecule has 1 aromatic heterocycles. The van der Waals surface area contributed by atoms with Crippen LogP contribution in [0.2, 0.25) is 0 Å². The number of rotatable bonds is 5. The van der Waals surface area contributed by atoms with Gasteiger partial charge in [-0.3, -0.25) is 16.0 Å². The Balaban J connectivity index is 2.02. The molecule has 0 spiro atoms. The summed E-state index contributed by atoms with van der Waals surface area (Å²) in [6.45, 7) is 2.27. The second-order valence-electron chi connectivity index (χ2n) is 4.61. The molecule has 1 saturated heterocycles. The van der Waals surface area contributed by atoms with Crippen LogP contribution in [0.5, 0.6) is 0 Å². The van der Waals surface area contributed by atoms with E-state index in [2.05, 4.69) is 47.0 Å². The Morgan fingerprint density at radius 1 is 1.56 bits per heavy atom. The standard InChI is InChI=1S/C12H22N4S2/c1-3-11-12(18-7-6-17-11)10(14-13)8-9-4-5-16(2)15-9/h4-5,10-12,14H,3,6-8,13H2,1-2H3. The minimum Gasteiger partial charge on any atom is -0.276 e. The van der Waals surface area contributed by atoms with E-state index in [0.717, 1.165) is 12.1 Å². The first-order valence-corrected chi connectivity index (χ1v) is 8.52. The lowest BCUT2D eigenvalue weighted by molar-refractivity contribution is 0.484. The highest BCUT2D eigenvalue weighted by molar-refractivity contribution is 8.07. The number of thioether (sulfide) groups is 2. The van der Waals surface area contributed by atoms with Crippen LogP contribution in [0.15, 0.2) is 12.3 Å². The van der Waals surface area contributed by atoms with E-state index in [0.29, 0.717) is 16.5 Å². The Kier molecular flexibility index (Phi) is 5.41. The van der Waals surface area contributed by atoms with E-state index in [1.807, 2.05) is 17.9 Å². The number of hydrogen-bond acceptors (Lipinski definition) is 5. The number of hydrazine groups is 1. The molecule has 0 amide bonds. The maximum atomic E-state index is 5.77. The van der Waals surface area contributed by atoms with Gasteiger partial charge < -0.3 is 0 Å². The Bertz CT molecular complexity index is 369. The lowest BCUT2D eigenvalue weighted by atomic mass is 10.0. The van der Waals surface area contributed by atoms with Gasteiger partial charge in [0.15, 0.2) is 0 Å². The summed E-state index contributed by atoms with van der Waals surface area (Å²) >= 11 is 4.15. The Morgan fingerprint density at radius 3 is 2.94 bits per heavy atom. The van der Waals surface area contributed by atoms with Gasteiger partial charge in [-0.25, -0.2) is 0 Å². The average Bonchev–Trinajstić information content (AvgIpc) is 2.81. The quantitative estimate of drug-likeness (QED) is 0.633. The summed E-state index contributed by atoms with van der Waals surface area (Å²) in [5.41, 5.74) is 4.13. The highest BCUT2D eigenvalue weighted by Crippen LogP contribution is 2.35. The smallest absolute Gasteiger partial charge is 0.0640 e. The van der Waals surface area contributed by atoms with Crippen molar-refractivity contribution in [1.29, 1.82) is 0 Å². The maximum Gasteiger partial charge on any atom is 0.0640 e. The van der Waals surface area contributed by atoms with Crippen LogP contribution in [0.25, 0.3) is 0 Å². The minimum absolute atomic E-state index is 0.308. The van der Waals surface area contributed by atoms with Crippen LogP contribution in [-0.2, 0) is 13.5 Å². The second-order valence-corrected chi connectivity index (χ2v) is 7.24. The van der Waals surface area contributed by atoms with Gasteiger partial charge in [-0.05, 0) is 12.5 Å². The normalized spacial score (nSPS) is 26.2. The zero-order valence-corrected chi connectivity index (χ0v) is 12.6. The van der Waals surface area contributed by atoms with Gasteiger partial charge in [0.1, 0.15) is 0 Å². The summed E-state index contributed by atoms with van der Waals surface area (Å²) in [4.78, 5) is 0. The molecule has 1 fully saturated rings. The van der Waals surface area contributed by atoms with Crippen molar-refractivity contribution in [3.63, 3.8) is 0 Å². The van der Waals surface area contributed by atoms with Gasteiger partial charge in [-0.2, -0.15) is 28.6 Å². The molecule has 0 saturated carbocycles. The van der Waals surface area contributed by atoms with Crippen LogP contribution in [0, 0.1) is 0 Å². The number of nitrogens with zero attached hydrogens (tertiary/aromatic N) is 2. The van der Waals surface area contributed by atoms with Gasteiger partial charge in [-0.15, -0.1) is 0 Å². The fourth-order valence-electron chi connectivity index (χ4n) is 2.38. The number of nitrogens with two attached hydrogens (primary N) is 1. The van der Waals surface area contributed by atoms with Crippen LogP contribution in [-0.4, -0.2) is 37.8 Å². The zero-order chi connectivity index (χ0) is 13.0. The lowest BCUT2D eigenvalue weighted by Crippen LogP contribution is -2.49. The first kappa shape index (κ1) is 14.2. The molecular weight excluding hydrogens is 264 g/mol. The largest absolute Gasteiger partial charge is 0.276 e. The van der Waals surface area contributed by atoms with E-state index >= 15 is 0 Å². The topological polar surface area (TPSA) is 55.9 Å². The van der Waals surface area contributed by atoms with Crippen LogP contribution >= 0.6 is 23.5 Å². The van der Waals surface area contributed by atoms with Crippen molar-refractivity contribution in [2.24, 2.45) is 12.9 Å². The zero-order valence-electron chi connectivity index (χ0n) is 11.0. The molecule has 102 valence electrons. The van der Waals surface area contributed by atoms with E-state index in [-0.39, 0.29) is 0 Å². The van der Waals surface area contributed by atoms with Crippen LogP contribution < -0.4 is 11.3 Å².